The third-order valence-electron chi connectivity index (χ3n) is 9.63. The van der Waals surface area contributed by atoms with Gasteiger partial charge in [0.25, 0.3) is 0 Å². The monoisotopic (exact) mass is 748 g/mol. The number of benzene rings is 2. The van der Waals surface area contributed by atoms with Crippen LogP contribution in [0.2, 0.25) is 0 Å². The van der Waals surface area contributed by atoms with E-state index in [1.807, 2.05) is 23.4 Å². The molecule has 5 nitrogen and oxygen atoms in total. The number of fused-ring (bicyclic) bond motifs is 1. The van der Waals surface area contributed by atoms with Gasteiger partial charge in [-0.2, -0.15) is 13.2 Å². The maximum Gasteiger partial charge on any atom is 0.416 e. The Morgan fingerprint density at radius 1 is 0.978 bits per heavy atom. The number of aromatic nitrogens is 1. The predicted molar refractivity (Wildman–Crippen MR) is 183 cm³/mol. The minimum atomic E-state index is -4.49. The van der Waals surface area contributed by atoms with Crippen molar-refractivity contribution in [3.8, 4) is 0 Å². The van der Waals surface area contributed by atoms with Crippen LogP contribution in [0.3, 0.4) is 0 Å². The highest BCUT2D eigenvalue weighted by Crippen LogP contribution is 2.41. The van der Waals surface area contributed by atoms with Gasteiger partial charge >= 0.3 is 6.18 Å². The van der Waals surface area contributed by atoms with E-state index in [2.05, 4.69) is 36.2 Å². The molecule has 5 rings (SSSR count). The lowest BCUT2D eigenvalue weighted by Gasteiger charge is -2.42. The number of halogens is 4. The van der Waals surface area contributed by atoms with E-state index in [0.29, 0.717) is 24.7 Å². The van der Waals surface area contributed by atoms with Crippen molar-refractivity contribution in [2.75, 3.05) is 13.1 Å². The Hall–Kier alpha value is -2.79. The Morgan fingerprint density at radius 3 is 2.48 bits per heavy atom. The number of rotatable bonds is 11. The molecule has 0 spiro atoms. The molecule has 0 bridgehead atoms. The molecule has 1 saturated heterocycles. The molecule has 0 saturated carbocycles. The van der Waals surface area contributed by atoms with Crippen LogP contribution in [-0.4, -0.2) is 32.4 Å². The summed E-state index contributed by atoms with van der Waals surface area (Å²) < 4.78 is 59.9. The molecule has 1 amide bonds. The number of hydrogen-bond acceptors (Lipinski definition) is 4. The fourth-order valence-corrected chi connectivity index (χ4v) is 9.70. The number of likely N-dealkylation sites (tertiary alicyclic amines) is 1. The van der Waals surface area contributed by atoms with Gasteiger partial charge in [0.1, 0.15) is 0 Å². The van der Waals surface area contributed by atoms with Gasteiger partial charge in [-0.3, -0.25) is 12.8 Å². The second-order valence-corrected chi connectivity index (χ2v) is 16.2. The molecule has 1 aliphatic carbocycles. The standard InChI is InChI=1S/C37H44F3IN2O3/c1-2-16-36(17-6-7-28-14-20-42-21-15-28)18-22-43(23-19-36)35(44)25-29-12-13-30-9-5-10-33(26-32(30)24-29)41(45)46-27-31-8-3-4-11-34(31)37(38,39)40/h3-4,8,11-15,20-21,24H,2,5-7,9-10,16-19,22-23,25-27H2,1H3. The van der Waals surface area contributed by atoms with Crippen LogP contribution in [0.1, 0.15) is 91.7 Å². The minimum absolute atomic E-state index is 0.00169. The molecule has 1 aromatic heterocycles. The zero-order valence-corrected chi connectivity index (χ0v) is 28.7. The van der Waals surface area contributed by atoms with Crippen molar-refractivity contribution in [2.45, 2.75) is 96.8 Å². The summed E-state index contributed by atoms with van der Waals surface area (Å²) in [5.74, 6) is 0.142. The molecule has 9 heteroatoms. The Morgan fingerprint density at radius 2 is 1.74 bits per heavy atom. The van der Waals surface area contributed by atoms with E-state index < -0.39 is 31.5 Å². The van der Waals surface area contributed by atoms with E-state index >= 15 is 0 Å². The van der Waals surface area contributed by atoms with Crippen molar-refractivity contribution in [3.05, 3.63) is 100 Å². The molecule has 3 aromatic rings. The van der Waals surface area contributed by atoms with Gasteiger partial charge in [-0.05, 0) is 109 Å². The molecule has 2 heterocycles. The average Bonchev–Trinajstić information content (AvgIpc) is 3.27. The van der Waals surface area contributed by atoms with E-state index in [1.165, 1.54) is 42.2 Å². The van der Waals surface area contributed by atoms with Crippen molar-refractivity contribution in [2.24, 2.45) is 5.41 Å². The van der Waals surface area contributed by atoms with E-state index in [4.69, 9.17) is 3.07 Å². The number of carbonyl (C=O) groups is 1. The van der Waals surface area contributed by atoms with Crippen molar-refractivity contribution < 1.29 is 24.1 Å². The van der Waals surface area contributed by atoms with Crippen molar-refractivity contribution in [1.29, 1.82) is 0 Å². The highest BCUT2D eigenvalue weighted by molar-refractivity contribution is 14.2. The molecular formula is C37H44F3IN2O3. The van der Waals surface area contributed by atoms with Crippen LogP contribution in [0, 0.1) is 5.41 Å². The van der Waals surface area contributed by atoms with Gasteiger partial charge in [-0.25, -0.2) is 3.07 Å². The van der Waals surface area contributed by atoms with Gasteiger partial charge in [0.15, 0.2) is 0 Å². The van der Waals surface area contributed by atoms with E-state index in [1.54, 1.807) is 0 Å². The highest BCUT2D eigenvalue weighted by atomic mass is 127. The molecular weight excluding hydrogens is 704 g/mol. The van der Waals surface area contributed by atoms with Crippen LogP contribution in [0.5, 0.6) is 0 Å². The van der Waals surface area contributed by atoms with Crippen LogP contribution in [-0.2, 0) is 49.4 Å². The first-order valence-electron chi connectivity index (χ1n) is 16.4. The van der Waals surface area contributed by atoms with Crippen LogP contribution < -0.4 is 0 Å². The number of piperidine rings is 1. The van der Waals surface area contributed by atoms with E-state index in [-0.39, 0.29) is 18.1 Å². The third-order valence-corrected chi connectivity index (χ3v) is 12.7. The Kier molecular flexibility index (Phi) is 11.9. The molecule has 248 valence electrons. The summed E-state index contributed by atoms with van der Waals surface area (Å²) >= 11 is -3.31. The summed E-state index contributed by atoms with van der Waals surface area (Å²) in [6.07, 6.45) is 10.1. The fraction of sp³-hybridized carbons (Fsp3) is 0.486. The van der Waals surface area contributed by atoms with Gasteiger partial charge in [-0.1, -0.05) is 49.7 Å². The lowest BCUT2D eigenvalue weighted by Crippen LogP contribution is -2.43. The normalized spacial score (nSPS) is 18.1. The number of amides is 1. The molecule has 2 aromatic carbocycles. The second-order valence-electron chi connectivity index (χ2n) is 12.8. The lowest BCUT2D eigenvalue weighted by molar-refractivity contribution is -0.138. The maximum atomic E-state index is 13.4. The predicted octanol–water partition coefficient (Wildman–Crippen LogP) is 9.11. The molecule has 2 aliphatic rings. The van der Waals surface area contributed by atoms with Crippen molar-refractivity contribution >= 4 is 29.2 Å². The first-order chi connectivity index (χ1) is 22.2. The van der Waals surface area contributed by atoms with Crippen LogP contribution in [0.25, 0.3) is 0 Å². The Labute approximate surface area is 277 Å². The topological polar surface area (TPSA) is 59.5 Å². The number of alkyl halides is 3. The second kappa shape index (κ2) is 15.9. The molecule has 1 aliphatic heterocycles. The summed E-state index contributed by atoms with van der Waals surface area (Å²) in [5.41, 5.74) is 4.03. The quantitative estimate of drug-likeness (QED) is 0.145. The third kappa shape index (κ3) is 9.18. The number of nitrogens with zero attached hydrogens (tertiary/aromatic N) is 2. The fourth-order valence-electron chi connectivity index (χ4n) is 7.09. The highest BCUT2D eigenvalue weighted by Gasteiger charge is 2.35. The van der Waals surface area contributed by atoms with E-state index in [9.17, 15) is 21.0 Å². The van der Waals surface area contributed by atoms with Crippen molar-refractivity contribution in [1.82, 2.24) is 9.88 Å². The Balaban J connectivity index is 1.18. The lowest BCUT2D eigenvalue weighted by atomic mass is 9.71. The molecule has 0 N–H and O–H groups in total. The molecule has 46 heavy (non-hydrogen) atoms. The summed E-state index contributed by atoms with van der Waals surface area (Å²) in [7, 11) is 0. The largest absolute Gasteiger partial charge is 0.416 e. The van der Waals surface area contributed by atoms with Gasteiger partial charge in [0.2, 0.25) is 25.7 Å². The zero-order chi connectivity index (χ0) is 32.6. The smallest absolute Gasteiger partial charge is 0.342 e. The van der Waals surface area contributed by atoms with Crippen LogP contribution in [0.15, 0.2) is 67.0 Å². The molecule has 0 radical (unpaired) electrons. The van der Waals surface area contributed by atoms with Gasteiger partial charge in [0, 0.05) is 35.4 Å². The first-order valence-corrected chi connectivity index (χ1v) is 19.3. The zero-order valence-electron chi connectivity index (χ0n) is 26.6. The average molecular weight is 749 g/mol. The number of hydrogen-bond donors (Lipinski definition) is 0. The molecule has 1 fully saturated rings. The first kappa shape index (κ1) is 34.5. The minimum Gasteiger partial charge on any atom is -0.342 e. The Bertz CT molecular complexity index is 1560. The van der Waals surface area contributed by atoms with Gasteiger partial charge in [0.05, 0.1) is 18.6 Å². The summed E-state index contributed by atoms with van der Waals surface area (Å²) in [4.78, 5) is 19.6. The number of pyridine rings is 1. The molecule has 0 atom stereocenters. The summed E-state index contributed by atoms with van der Waals surface area (Å²) in [6, 6.07) is 15.6. The van der Waals surface area contributed by atoms with Crippen LogP contribution >= 0.6 is 19.7 Å². The van der Waals surface area contributed by atoms with E-state index in [0.717, 1.165) is 78.7 Å². The van der Waals surface area contributed by atoms with Gasteiger partial charge in [-0.15, -0.1) is 0 Å². The molecule has 0 unspecified atom stereocenters. The maximum absolute atomic E-state index is 13.4. The summed E-state index contributed by atoms with van der Waals surface area (Å²) in [6.45, 7) is 3.50. The van der Waals surface area contributed by atoms with Crippen LogP contribution in [0.4, 0.5) is 13.2 Å². The SMILES string of the molecule is CCCC1(CCCc2ccncc2)CCN(C(=O)Cc2ccc3c(c2)C/C(=I(=O)\OCc2ccccc2C(F)(F)F)CCC3)CC1. The number of carbonyl (C=O) groups excluding carboxylic acids is 1. The summed E-state index contributed by atoms with van der Waals surface area (Å²) in [5, 5.41) is 0. The van der Waals surface area contributed by atoms with Gasteiger partial charge < -0.3 is 4.90 Å². The number of aryl methyl sites for hydroxylation is 2. The van der Waals surface area contributed by atoms with Crippen molar-refractivity contribution in [3.63, 3.8) is 0 Å².